The van der Waals surface area contributed by atoms with Crippen molar-refractivity contribution in [2.45, 2.75) is 128 Å². The first kappa shape index (κ1) is 33.2. The van der Waals surface area contributed by atoms with Gasteiger partial charge in [-0.2, -0.15) is 0 Å². The minimum Gasteiger partial charge on any atom is -0.457 e. The average Bonchev–Trinajstić information content (AvgIpc) is 3.62. The molecule has 222 valence electrons. The number of ether oxygens (including phenoxy) is 3. The third kappa shape index (κ3) is 9.83. The molecule has 2 aliphatic heterocycles. The number of rotatable bonds is 9. The Hall–Kier alpha value is -2.04. The maximum atomic E-state index is 12.6. The van der Waals surface area contributed by atoms with Crippen LogP contribution in [0.1, 0.15) is 80.6 Å². The maximum absolute atomic E-state index is 12.6. The molecule has 1 saturated heterocycles. The normalized spacial score (nSPS) is 36.6. The minimum absolute atomic E-state index is 0.128. The number of epoxide rings is 1. The number of hydrogen-bond acceptors (Lipinski definition) is 9. The van der Waals surface area contributed by atoms with E-state index in [4.69, 9.17) is 14.2 Å². The summed E-state index contributed by atoms with van der Waals surface area (Å²) in [6.45, 7) is 12.0. The molecule has 0 aromatic rings. The molecule has 2 aliphatic rings. The second kappa shape index (κ2) is 14.0. The lowest BCUT2D eigenvalue weighted by molar-refractivity contribution is -0.157. The molecule has 1 fully saturated rings. The Morgan fingerprint density at radius 3 is 2.62 bits per heavy atom. The van der Waals surface area contributed by atoms with Gasteiger partial charge in [0.25, 0.3) is 0 Å². The predicted molar refractivity (Wildman–Crippen MR) is 146 cm³/mol. The predicted octanol–water partition coefficient (Wildman–Crippen LogP) is 3.14. The van der Waals surface area contributed by atoms with Crippen LogP contribution in [0.4, 0.5) is 0 Å². The van der Waals surface area contributed by atoms with E-state index in [9.17, 15) is 30.0 Å². The summed E-state index contributed by atoms with van der Waals surface area (Å²) < 4.78 is 16.8. The highest BCUT2D eigenvalue weighted by molar-refractivity contribution is 5.70. The van der Waals surface area contributed by atoms with Crippen LogP contribution in [0, 0.1) is 11.8 Å². The zero-order valence-electron chi connectivity index (χ0n) is 24.4. The van der Waals surface area contributed by atoms with Gasteiger partial charge in [0, 0.05) is 12.8 Å². The molecule has 0 aromatic heterocycles. The van der Waals surface area contributed by atoms with Crippen molar-refractivity contribution in [1.29, 1.82) is 0 Å². The molecule has 2 heterocycles. The van der Waals surface area contributed by atoms with Crippen LogP contribution in [0.15, 0.2) is 36.0 Å². The number of esters is 2. The van der Waals surface area contributed by atoms with Gasteiger partial charge in [0.1, 0.15) is 29.5 Å². The number of hydrogen-bond donors (Lipinski definition) is 4. The van der Waals surface area contributed by atoms with E-state index in [1.54, 1.807) is 26.0 Å². The van der Waals surface area contributed by atoms with Crippen LogP contribution in [0.25, 0.3) is 0 Å². The van der Waals surface area contributed by atoms with Crippen molar-refractivity contribution in [2.24, 2.45) is 11.8 Å². The first-order chi connectivity index (χ1) is 18.1. The van der Waals surface area contributed by atoms with E-state index in [2.05, 4.69) is 0 Å². The smallest absolute Gasteiger partial charge is 0.309 e. The fourth-order valence-electron chi connectivity index (χ4n) is 5.01. The summed E-state index contributed by atoms with van der Waals surface area (Å²) in [6.07, 6.45) is 6.42. The van der Waals surface area contributed by atoms with Crippen molar-refractivity contribution in [1.82, 2.24) is 0 Å². The lowest BCUT2D eigenvalue weighted by Crippen LogP contribution is -2.45. The molecule has 0 amide bonds. The SMILES string of the molecule is CC[C@H](O)[C@](C)(O)[C@H]1O[C@@H]1C[C@@H](C)/C=C/C=C(\C)[C@@H]1OC(=O)C[C@H](O)CC[C@](C)(O)[C@@H](OC(C)=O)/C=C/[C@@H]1C. The molecule has 0 unspecified atom stereocenters. The van der Waals surface area contributed by atoms with Crippen molar-refractivity contribution >= 4 is 11.9 Å². The van der Waals surface area contributed by atoms with E-state index in [0.29, 0.717) is 12.8 Å². The van der Waals surface area contributed by atoms with Crippen molar-refractivity contribution < 1.29 is 44.2 Å². The second-order valence-electron chi connectivity index (χ2n) is 11.7. The Balaban J connectivity index is 2.14. The second-order valence-corrected chi connectivity index (χ2v) is 11.7. The van der Waals surface area contributed by atoms with Crippen LogP contribution in [0.5, 0.6) is 0 Å². The van der Waals surface area contributed by atoms with Gasteiger partial charge in [0.15, 0.2) is 0 Å². The van der Waals surface area contributed by atoms with E-state index in [0.717, 1.165) is 5.57 Å². The van der Waals surface area contributed by atoms with Gasteiger partial charge in [-0.25, -0.2) is 0 Å². The van der Waals surface area contributed by atoms with Gasteiger partial charge in [-0.3, -0.25) is 9.59 Å². The summed E-state index contributed by atoms with van der Waals surface area (Å²) in [4.78, 5) is 24.3. The topological polar surface area (TPSA) is 146 Å². The maximum Gasteiger partial charge on any atom is 0.309 e. The molecule has 9 nitrogen and oxygen atoms in total. The molecule has 0 bridgehead atoms. The first-order valence-corrected chi connectivity index (χ1v) is 13.9. The van der Waals surface area contributed by atoms with Gasteiger partial charge < -0.3 is 34.6 Å². The van der Waals surface area contributed by atoms with E-state index in [1.165, 1.54) is 6.92 Å². The van der Waals surface area contributed by atoms with Crippen LogP contribution < -0.4 is 0 Å². The Bertz CT molecular complexity index is 919. The molecular weight excluding hydrogens is 504 g/mol. The Kier molecular flexibility index (Phi) is 11.9. The Morgan fingerprint density at radius 1 is 1.33 bits per heavy atom. The molecule has 0 aliphatic carbocycles. The molecule has 0 spiro atoms. The Labute approximate surface area is 232 Å². The zero-order chi connectivity index (χ0) is 29.5. The average molecular weight is 553 g/mol. The number of allylic oxidation sites excluding steroid dienone is 3. The standard InChI is InChI=1S/C30H48O9/c1-8-24(33)30(7,36)28-23(38-28)16-18(2)10-9-11-19(3)27-20(4)12-13-25(37-21(5)31)29(6,35)15-14-22(32)17-26(34)39-27/h9-13,18,20,22-25,27-28,32-33,35-36H,8,14-17H2,1-7H3/b10-9+,13-12+,19-11+/t18-,20-,22+,23+,24-,25-,27-,28-,29-,30-/m0/s1. The monoisotopic (exact) mass is 552 g/mol. The van der Waals surface area contributed by atoms with Crippen molar-refractivity contribution in [3.8, 4) is 0 Å². The quantitative estimate of drug-likeness (QED) is 0.147. The van der Waals surface area contributed by atoms with Crippen molar-refractivity contribution in [2.75, 3.05) is 0 Å². The molecule has 39 heavy (non-hydrogen) atoms. The first-order valence-electron chi connectivity index (χ1n) is 13.9. The van der Waals surface area contributed by atoms with Gasteiger partial charge in [-0.1, -0.05) is 45.1 Å². The van der Waals surface area contributed by atoms with Crippen LogP contribution in [0.2, 0.25) is 0 Å². The zero-order valence-corrected chi connectivity index (χ0v) is 24.4. The molecule has 4 N–H and O–H groups in total. The van der Waals surface area contributed by atoms with Gasteiger partial charge in [-0.15, -0.1) is 0 Å². The van der Waals surface area contributed by atoms with Crippen LogP contribution in [-0.2, 0) is 23.8 Å². The number of cyclic esters (lactones) is 1. The highest BCUT2D eigenvalue weighted by Gasteiger charge is 2.54. The fourth-order valence-corrected chi connectivity index (χ4v) is 5.01. The summed E-state index contributed by atoms with van der Waals surface area (Å²) in [7, 11) is 0. The number of carbonyl (C=O) groups is 2. The lowest BCUT2D eigenvalue weighted by atomic mass is 9.88. The summed E-state index contributed by atoms with van der Waals surface area (Å²) in [5, 5.41) is 41.9. The highest BCUT2D eigenvalue weighted by Crippen LogP contribution is 2.39. The van der Waals surface area contributed by atoms with E-state index in [1.807, 2.05) is 45.9 Å². The van der Waals surface area contributed by atoms with Gasteiger partial charge in [0.05, 0.1) is 24.7 Å². The van der Waals surface area contributed by atoms with Crippen molar-refractivity contribution in [3.05, 3.63) is 36.0 Å². The fraction of sp³-hybridized carbons (Fsp3) is 0.733. The van der Waals surface area contributed by atoms with Crippen molar-refractivity contribution in [3.63, 3.8) is 0 Å². The van der Waals surface area contributed by atoms with E-state index in [-0.39, 0.29) is 37.2 Å². The van der Waals surface area contributed by atoms with Gasteiger partial charge in [0.2, 0.25) is 0 Å². The Morgan fingerprint density at radius 2 is 2.00 bits per heavy atom. The van der Waals surface area contributed by atoms with E-state index >= 15 is 0 Å². The van der Waals surface area contributed by atoms with Gasteiger partial charge in [-0.05, 0) is 64.0 Å². The van der Waals surface area contributed by atoms with Crippen LogP contribution in [-0.4, -0.2) is 80.2 Å². The molecule has 0 saturated carbocycles. The molecule has 0 radical (unpaired) electrons. The van der Waals surface area contributed by atoms with Crippen LogP contribution in [0.3, 0.4) is 0 Å². The molecule has 0 aromatic carbocycles. The third-order valence-electron chi connectivity index (χ3n) is 7.69. The minimum atomic E-state index is -1.42. The van der Waals surface area contributed by atoms with Crippen LogP contribution >= 0.6 is 0 Å². The highest BCUT2D eigenvalue weighted by atomic mass is 16.6. The number of carbonyl (C=O) groups excluding carboxylic acids is 2. The summed E-state index contributed by atoms with van der Waals surface area (Å²) in [5.74, 6) is -1.24. The molecule has 9 heteroatoms. The molecule has 10 atom stereocenters. The molecule has 2 rings (SSSR count). The third-order valence-corrected chi connectivity index (χ3v) is 7.69. The lowest BCUT2D eigenvalue weighted by Gasteiger charge is -2.32. The largest absolute Gasteiger partial charge is 0.457 e. The summed E-state index contributed by atoms with van der Waals surface area (Å²) in [5.41, 5.74) is -1.92. The summed E-state index contributed by atoms with van der Waals surface area (Å²) >= 11 is 0. The van der Waals surface area contributed by atoms with Gasteiger partial charge >= 0.3 is 11.9 Å². The molecular formula is C30H48O9. The summed E-state index contributed by atoms with van der Waals surface area (Å²) in [6, 6.07) is 0. The van der Waals surface area contributed by atoms with E-state index < -0.39 is 53.7 Å². The number of aliphatic hydroxyl groups is 4. The number of aliphatic hydroxyl groups excluding tert-OH is 2.